The number of nitrogen functional groups attached to an aromatic ring is 1. The quantitative estimate of drug-likeness (QED) is 0.735. The highest BCUT2D eigenvalue weighted by atomic mass is 19.1. The minimum absolute atomic E-state index is 0.0343. The van der Waals surface area contributed by atoms with Crippen LogP contribution in [0.4, 0.5) is 10.3 Å². The maximum Gasteiger partial charge on any atom is 0.220 e. The van der Waals surface area contributed by atoms with Crippen LogP contribution in [0.5, 0.6) is 0 Å². The first-order valence-corrected chi connectivity index (χ1v) is 3.97. The highest BCUT2D eigenvalue weighted by Gasteiger charge is 2.08. The van der Waals surface area contributed by atoms with Crippen LogP contribution in [-0.2, 0) is 0 Å². The molecule has 0 radical (unpaired) electrons. The lowest BCUT2D eigenvalue weighted by molar-refractivity contribution is 0.618. The number of pyridine rings is 1. The molecule has 70 valence electrons. The Bertz CT molecular complexity index is 444. The molecule has 2 aromatic rings. The van der Waals surface area contributed by atoms with E-state index in [1.807, 2.05) is 0 Å². The largest absolute Gasteiger partial charge is 0.368 e. The van der Waals surface area contributed by atoms with Gasteiger partial charge in [-0.15, -0.1) is 0 Å². The normalized spacial score (nSPS) is 10.1. The van der Waals surface area contributed by atoms with Crippen LogP contribution >= 0.6 is 0 Å². The predicted molar refractivity (Wildman–Crippen MR) is 49.6 cm³/mol. The smallest absolute Gasteiger partial charge is 0.220 e. The van der Waals surface area contributed by atoms with Gasteiger partial charge in [0.05, 0.1) is 11.9 Å². The summed E-state index contributed by atoms with van der Waals surface area (Å²) in [6.45, 7) is 0. The Morgan fingerprint density at radius 2 is 2.07 bits per heavy atom. The monoisotopic (exact) mass is 190 g/mol. The number of anilines is 1. The van der Waals surface area contributed by atoms with Crippen LogP contribution in [0.1, 0.15) is 0 Å². The number of nitrogens with zero attached hydrogens (tertiary/aromatic N) is 3. The summed E-state index contributed by atoms with van der Waals surface area (Å²) in [4.78, 5) is 11.3. The number of rotatable bonds is 1. The summed E-state index contributed by atoms with van der Waals surface area (Å²) in [7, 11) is 0. The van der Waals surface area contributed by atoms with Crippen LogP contribution in [0, 0.1) is 5.82 Å². The molecule has 0 aliphatic carbocycles. The van der Waals surface area contributed by atoms with Gasteiger partial charge in [-0.1, -0.05) is 6.07 Å². The molecule has 0 unspecified atom stereocenters. The Labute approximate surface area is 79.7 Å². The number of aromatic nitrogens is 3. The van der Waals surface area contributed by atoms with E-state index >= 15 is 0 Å². The Morgan fingerprint density at radius 3 is 2.79 bits per heavy atom. The van der Waals surface area contributed by atoms with Gasteiger partial charge in [-0.25, -0.2) is 14.4 Å². The molecule has 2 aromatic heterocycles. The van der Waals surface area contributed by atoms with Crippen molar-refractivity contribution in [2.24, 2.45) is 0 Å². The van der Waals surface area contributed by atoms with Gasteiger partial charge in [0.2, 0.25) is 5.95 Å². The van der Waals surface area contributed by atoms with E-state index in [4.69, 9.17) is 5.73 Å². The molecule has 0 aliphatic heterocycles. The third-order valence-electron chi connectivity index (χ3n) is 1.67. The number of nitrogens with two attached hydrogens (primary N) is 1. The van der Waals surface area contributed by atoms with Crippen molar-refractivity contribution in [2.75, 3.05) is 5.73 Å². The van der Waals surface area contributed by atoms with E-state index in [1.54, 1.807) is 24.4 Å². The summed E-state index contributed by atoms with van der Waals surface area (Å²) < 4.78 is 13.2. The van der Waals surface area contributed by atoms with Crippen molar-refractivity contribution in [2.45, 2.75) is 0 Å². The molecule has 0 aromatic carbocycles. The molecule has 2 heterocycles. The average molecular weight is 190 g/mol. The van der Waals surface area contributed by atoms with Crippen LogP contribution < -0.4 is 5.73 Å². The molecule has 5 heteroatoms. The molecule has 0 fully saturated rings. The van der Waals surface area contributed by atoms with Gasteiger partial charge in [0.25, 0.3) is 0 Å². The minimum Gasteiger partial charge on any atom is -0.368 e. The van der Waals surface area contributed by atoms with Gasteiger partial charge in [-0.2, -0.15) is 0 Å². The topological polar surface area (TPSA) is 64.7 Å². The van der Waals surface area contributed by atoms with E-state index in [-0.39, 0.29) is 11.6 Å². The third-order valence-corrected chi connectivity index (χ3v) is 1.67. The molecule has 2 N–H and O–H groups in total. The molecule has 0 atom stereocenters. The van der Waals surface area contributed by atoms with Crippen molar-refractivity contribution < 1.29 is 4.39 Å². The van der Waals surface area contributed by atoms with Crippen molar-refractivity contribution in [3.05, 3.63) is 36.4 Å². The van der Waals surface area contributed by atoms with E-state index in [1.165, 1.54) is 0 Å². The Kier molecular flexibility index (Phi) is 2.06. The van der Waals surface area contributed by atoms with Crippen molar-refractivity contribution in [3.8, 4) is 11.4 Å². The summed E-state index contributed by atoms with van der Waals surface area (Å²) in [6, 6.07) is 5.15. The van der Waals surface area contributed by atoms with Crippen molar-refractivity contribution >= 4 is 5.95 Å². The molecule has 2 rings (SSSR count). The zero-order valence-corrected chi connectivity index (χ0v) is 7.18. The number of hydrogen-bond donors (Lipinski definition) is 1. The molecule has 14 heavy (non-hydrogen) atoms. The lowest BCUT2D eigenvalue weighted by Gasteiger charge is -2.00. The van der Waals surface area contributed by atoms with Crippen LogP contribution in [-0.4, -0.2) is 15.0 Å². The highest BCUT2D eigenvalue weighted by molar-refractivity contribution is 5.55. The molecule has 0 saturated carbocycles. The van der Waals surface area contributed by atoms with E-state index < -0.39 is 5.82 Å². The summed E-state index contributed by atoms with van der Waals surface area (Å²) in [6.07, 6.45) is 2.60. The van der Waals surface area contributed by atoms with Crippen LogP contribution in [0.2, 0.25) is 0 Å². The van der Waals surface area contributed by atoms with Gasteiger partial charge < -0.3 is 5.73 Å². The molecule has 0 amide bonds. The van der Waals surface area contributed by atoms with Crippen molar-refractivity contribution in [1.29, 1.82) is 0 Å². The van der Waals surface area contributed by atoms with E-state index in [0.717, 1.165) is 6.20 Å². The van der Waals surface area contributed by atoms with Crippen LogP contribution in [0.25, 0.3) is 11.4 Å². The van der Waals surface area contributed by atoms with Gasteiger partial charge in [0.15, 0.2) is 5.82 Å². The molecular weight excluding hydrogens is 183 g/mol. The van der Waals surface area contributed by atoms with Crippen LogP contribution in [0.3, 0.4) is 0 Å². The first-order chi connectivity index (χ1) is 6.77. The van der Waals surface area contributed by atoms with Crippen molar-refractivity contribution in [1.82, 2.24) is 15.0 Å². The van der Waals surface area contributed by atoms with Gasteiger partial charge in [0.1, 0.15) is 5.69 Å². The molecule has 0 saturated heterocycles. The Balaban J connectivity index is 2.57. The summed E-state index contributed by atoms with van der Waals surface area (Å²) in [5.41, 5.74) is 5.92. The summed E-state index contributed by atoms with van der Waals surface area (Å²) in [5, 5.41) is 0. The zero-order valence-electron chi connectivity index (χ0n) is 7.18. The molecular formula is C9H7FN4. The first-order valence-electron chi connectivity index (χ1n) is 3.97. The van der Waals surface area contributed by atoms with Gasteiger partial charge >= 0.3 is 0 Å². The second-order valence-electron chi connectivity index (χ2n) is 2.64. The second kappa shape index (κ2) is 3.37. The van der Waals surface area contributed by atoms with E-state index in [0.29, 0.717) is 5.69 Å². The van der Waals surface area contributed by atoms with Gasteiger partial charge in [-0.3, -0.25) is 4.98 Å². The van der Waals surface area contributed by atoms with E-state index in [2.05, 4.69) is 15.0 Å². The molecule has 0 spiro atoms. The number of halogens is 1. The standard InChI is InChI=1S/C9H7FN4/c10-6-5-13-9(11)14-8(6)7-3-1-2-4-12-7/h1-5H,(H2,11,13,14). The zero-order chi connectivity index (χ0) is 9.97. The highest BCUT2D eigenvalue weighted by Crippen LogP contribution is 2.17. The first kappa shape index (κ1) is 8.55. The predicted octanol–water partition coefficient (Wildman–Crippen LogP) is 1.26. The van der Waals surface area contributed by atoms with Gasteiger partial charge in [-0.05, 0) is 12.1 Å². The molecule has 0 aliphatic rings. The molecule has 4 nitrogen and oxygen atoms in total. The van der Waals surface area contributed by atoms with E-state index in [9.17, 15) is 4.39 Å². The fourth-order valence-corrected chi connectivity index (χ4v) is 1.06. The SMILES string of the molecule is Nc1ncc(F)c(-c2ccccn2)n1. The third kappa shape index (κ3) is 1.52. The van der Waals surface area contributed by atoms with Crippen molar-refractivity contribution in [3.63, 3.8) is 0 Å². The fraction of sp³-hybridized carbons (Fsp3) is 0. The number of hydrogen-bond acceptors (Lipinski definition) is 4. The maximum atomic E-state index is 13.2. The summed E-state index contributed by atoms with van der Waals surface area (Å²) in [5.74, 6) is -0.495. The second-order valence-corrected chi connectivity index (χ2v) is 2.64. The maximum absolute atomic E-state index is 13.2. The molecule has 0 bridgehead atoms. The summed E-state index contributed by atoms with van der Waals surface area (Å²) >= 11 is 0. The Morgan fingerprint density at radius 1 is 1.21 bits per heavy atom. The lowest BCUT2D eigenvalue weighted by atomic mass is 10.2. The van der Waals surface area contributed by atoms with Crippen LogP contribution in [0.15, 0.2) is 30.6 Å². The average Bonchev–Trinajstić information content (AvgIpc) is 2.23. The lowest BCUT2D eigenvalue weighted by Crippen LogP contribution is -1.99. The minimum atomic E-state index is -0.530. The fourth-order valence-electron chi connectivity index (χ4n) is 1.06. The van der Waals surface area contributed by atoms with Gasteiger partial charge in [0, 0.05) is 6.20 Å². The Hall–Kier alpha value is -2.04.